The van der Waals surface area contributed by atoms with Crippen LogP contribution in [-0.4, -0.2) is 22.0 Å². The predicted octanol–water partition coefficient (Wildman–Crippen LogP) is 1.38. The van der Waals surface area contributed by atoms with Gasteiger partial charge in [0.15, 0.2) is 0 Å². The van der Waals surface area contributed by atoms with Gasteiger partial charge in [-0.2, -0.15) is 0 Å². The molecule has 1 aromatic rings. The fourth-order valence-electron chi connectivity index (χ4n) is 1.12. The Hall–Kier alpha value is -1.91. The molecular weight excluding hydrogens is 208 g/mol. The van der Waals surface area contributed by atoms with E-state index in [2.05, 4.69) is 10.3 Å². The van der Waals surface area contributed by atoms with Crippen molar-refractivity contribution >= 4 is 17.7 Å². The number of pyridine rings is 1. The number of carboxylic acids is 1. The summed E-state index contributed by atoms with van der Waals surface area (Å²) < 4.78 is 0. The second-order valence-electron chi connectivity index (χ2n) is 3.62. The highest BCUT2D eigenvalue weighted by molar-refractivity contribution is 5.93. The highest BCUT2D eigenvalue weighted by Gasteiger charge is 2.25. The van der Waals surface area contributed by atoms with Gasteiger partial charge in [-0.3, -0.25) is 9.59 Å². The molecule has 0 aliphatic heterocycles. The SMILES string of the molecule is CC(C(=O)O)C(C)C(=O)Nc1ccccn1. The Morgan fingerprint density at radius 2 is 2.00 bits per heavy atom. The van der Waals surface area contributed by atoms with Crippen LogP contribution in [0.3, 0.4) is 0 Å². The maximum absolute atomic E-state index is 11.6. The fraction of sp³-hybridized carbons (Fsp3) is 0.364. The van der Waals surface area contributed by atoms with E-state index in [0.29, 0.717) is 5.82 Å². The Labute approximate surface area is 93.5 Å². The molecule has 0 aliphatic rings. The van der Waals surface area contributed by atoms with Crippen molar-refractivity contribution in [2.45, 2.75) is 13.8 Å². The first-order valence-corrected chi connectivity index (χ1v) is 4.97. The molecule has 2 unspecified atom stereocenters. The third-order valence-corrected chi connectivity index (χ3v) is 2.47. The normalized spacial score (nSPS) is 13.9. The average Bonchev–Trinajstić information content (AvgIpc) is 2.28. The fourth-order valence-corrected chi connectivity index (χ4v) is 1.12. The number of hydrogen-bond donors (Lipinski definition) is 2. The van der Waals surface area contributed by atoms with Crippen LogP contribution >= 0.6 is 0 Å². The average molecular weight is 222 g/mol. The number of carbonyl (C=O) groups excluding carboxylic acids is 1. The number of nitrogens with zero attached hydrogens (tertiary/aromatic N) is 1. The van der Waals surface area contributed by atoms with Crippen LogP contribution in [0.4, 0.5) is 5.82 Å². The third kappa shape index (κ3) is 3.05. The van der Waals surface area contributed by atoms with E-state index in [9.17, 15) is 9.59 Å². The van der Waals surface area contributed by atoms with Crippen molar-refractivity contribution < 1.29 is 14.7 Å². The molecule has 1 heterocycles. The number of carboxylic acid groups (broad SMARTS) is 1. The summed E-state index contributed by atoms with van der Waals surface area (Å²) in [5, 5.41) is 11.3. The molecule has 0 saturated heterocycles. The number of nitrogens with one attached hydrogen (secondary N) is 1. The van der Waals surface area contributed by atoms with Crippen LogP contribution in [0.25, 0.3) is 0 Å². The van der Waals surface area contributed by atoms with Crippen molar-refractivity contribution in [3.05, 3.63) is 24.4 Å². The lowest BCUT2D eigenvalue weighted by Gasteiger charge is -2.15. The Balaban J connectivity index is 2.63. The number of rotatable bonds is 4. The Kier molecular flexibility index (Phi) is 3.99. The summed E-state index contributed by atoms with van der Waals surface area (Å²) in [7, 11) is 0. The molecular formula is C11H14N2O3. The molecule has 1 amide bonds. The molecule has 2 atom stereocenters. The minimum Gasteiger partial charge on any atom is -0.481 e. The van der Waals surface area contributed by atoms with Gasteiger partial charge in [-0.25, -0.2) is 4.98 Å². The summed E-state index contributed by atoms with van der Waals surface area (Å²) in [6.07, 6.45) is 1.56. The van der Waals surface area contributed by atoms with E-state index in [1.807, 2.05) is 0 Å². The van der Waals surface area contributed by atoms with Gasteiger partial charge in [-0.05, 0) is 12.1 Å². The van der Waals surface area contributed by atoms with Gasteiger partial charge >= 0.3 is 5.97 Å². The number of aliphatic carboxylic acids is 1. The zero-order valence-corrected chi connectivity index (χ0v) is 9.18. The number of carbonyl (C=O) groups is 2. The smallest absolute Gasteiger partial charge is 0.307 e. The third-order valence-electron chi connectivity index (χ3n) is 2.47. The standard InChI is InChI=1S/C11H14N2O3/c1-7(8(2)11(15)16)10(14)13-9-5-3-4-6-12-9/h3-8H,1-2H3,(H,15,16)(H,12,13,14). The van der Waals surface area contributed by atoms with E-state index in [1.54, 1.807) is 31.3 Å². The predicted molar refractivity (Wildman–Crippen MR) is 58.8 cm³/mol. The first-order valence-electron chi connectivity index (χ1n) is 4.97. The minimum absolute atomic E-state index is 0.339. The van der Waals surface area contributed by atoms with Crippen LogP contribution in [0.15, 0.2) is 24.4 Å². The lowest BCUT2D eigenvalue weighted by Crippen LogP contribution is -2.30. The van der Waals surface area contributed by atoms with E-state index in [0.717, 1.165) is 0 Å². The number of amides is 1. The highest BCUT2D eigenvalue weighted by atomic mass is 16.4. The van der Waals surface area contributed by atoms with Gasteiger partial charge in [0.2, 0.25) is 5.91 Å². The van der Waals surface area contributed by atoms with Crippen LogP contribution in [0.5, 0.6) is 0 Å². The molecule has 0 radical (unpaired) electrons. The second kappa shape index (κ2) is 5.25. The van der Waals surface area contributed by atoms with Crippen molar-refractivity contribution in [3.8, 4) is 0 Å². The molecule has 2 N–H and O–H groups in total. The maximum atomic E-state index is 11.6. The number of anilines is 1. The van der Waals surface area contributed by atoms with E-state index in [1.165, 1.54) is 6.92 Å². The summed E-state index contributed by atoms with van der Waals surface area (Å²) in [4.78, 5) is 26.3. The molecule has 5 heteroatoms. The monoisotopic (exact) mass is 222 g/mol. The molecule has 5 nitrogen and oxygen atoms in total. The first-order chi connectivity index (χ1) is 7.52. The quantitative estimate of drug-likeness (QED) is 0.806. The molecule has 1 rings (SSSR count). The zero-order chi connectivity index (χ0) is 12.1. The maximum Gasteiger partial charge on any atom is 0.307 e. The highest BCUT2D eigenvalue weighted by Crippen LogP contribution is 2.13. The van der Waals surface area contributed by atoms with Crippen LogP contribution in [0, 0.1) is 11.8 Å². The number of hydrogen-bond acceptors (Lipinski definition) is 3. The molecule has 0 bridgehead atoms. The molecule has 86 valence electrons. The minimum atomic E-state index is -0.983. The molecule has 16 heavy (non-hydrogen) atoms. The van der Waals surface area contributed by atoms with Gasteiger partial charge in [0.1, 0.15) is 5.82 Å². The van der Waals surface area contributed by atoms with Crippen LogP contribution in [0.1, 0.15) is 13.8 Å². The van der Waals surface area contributed by atoms with Crippen LogP contribution < -0.4 is 5.32 Å². The molecule has 0 aliphatic carbocycles. The molecule has 0 spiro atoms. The van der Waals surface area contributed by atoms with Crippen molar-refractivity contribution in [1.82, 2.24) is 4.98 Å². The zero-order valence-electron chi connectivity index (χ0n) is 9.18. The Morgan fingerprint density at radius 3 is 2.50 bits per heavy atom. The lowest BCUT2D eigenvalue weighted by molar-refractivity contribution is -0.145. The van der Waals surface area contributed by atoms with E-state index in [4.69, 9.17) is 5.11 Å². The summed E-state index contributed by atoms with van der Waals surface area (Å²) in [5.74, 6) is -2.21. The van der Waals surface area contributed by atoms with Gasteiger partial charge < -0.3 is 10.4 Å². The largest absolute Gasteiger partial charge is 0.481 e. The van der Waals surface area contributed by atoms with Gasteiger partial charge in [-0.1, -0.05) is 19.9 Å². The van der Waals surface area contributed by atoms with Gasteiger partial charge in [0.05, 0.1) is 5.92 Å². The molecule has 0 fully saturated rings. The van der Waals surface area contributed by atoms with E-state index in [-0.39, 0.29) is 5.91 Å². The van der Waals surface area contributed by atoms with Crippen LogP contribution in [0.2, 0.25) is 0 Å². The topological polar surface area (TPSA) is 79.3 Å². The Morgan fingerprint density at radius 1 is 1.31 bits per heavy atom. The lowest BCUT2D eigenvalue weighted by atomic mass is 9.95. The van der Waals surface area contributed by atoms with Crippen molar-refractivity contribution in [2.75, 3.05) is 5.32 Å². The van der Waals surface area contributed by atoms with Crippen molar-refractivity contribution in [1.29, 1.82) is 0 Å². The summed E-state index contributed by atoms with van der Waals surface area (Å²) >= 11 is 0. The summed E-state index contributed by atoms with van der Waals surface area (Å²) in [6.45, 7) is 3.09. The molecule has 0 aromatic carbocycles. The van der Waals surface area contributed by atoms with Gasteiger partial charge in [0.25, 0.3) is 0 Å². The summed E-state index contributed by atoms with van der Waals surface area (Å²) in [5.41, 5.74) is 0. The van der Waals surface area contributed by atoms with Crippen LogP contribution in [-0.2, 0) is 9.59 Å². The molecule has 0 saturated carbocycles. The number of aromatic nitrogens is 1. The van der Waals surface area contributed by atoms with Crippen molar-refractivity contribution in [3.63, 3.8) is 0 Å². The summed E-state index contributed by atoms with van der Waals surface area (Å²) in [6, 6.07) is 5.13. The first kappa shape index (κ1) is 12.2. The second-order valence-corrected chi connectivity index (χ2v) is 3.62. The molecule has 1 aromatic heterocycles. The van der Waals surface area contributed by atoms with Crippen molar-refractivity contribution in [2.24, 2.45) is 11.8 Å². The van der Waals surface area contributed by atoms with E-state index >= 15 is 0 Å². The van der Waals surface area contributed by atoms with Gasteiger partial charge in [0, 0.05) is 12.1 Å². The van der Waals surface area contributed by atoms with Gasteiger partial charge in [-0.15, -0.1) is 0 Å². The van der Waals surface area contributed by atoms with E-state index < -0.39 is 17.8 Å². The Bertz CT molecular complexity index is 378.